The van der Waals surface area contributed by atoms with Gasteiger partial charge in [0, 0.05) is 10.9 Å². The molecule has 0 atom stereocenters. The molecular weight excluding hydrogens is 326 g/mol. The number of amides is 1. The first-order valence-electron chi connectivity index (χ1n) is 5.94. The summed E-state index contributed by atoms with van der Waals surface area (Å²) in [5.41, 5.74) is 1.78. The molecule has 1 amide bonds. The van der Waals surface area contributed by atoms with Crippen molar-refractivity contribution in [3.05, 3.63) is 63.6 Å². The van der Waals surface area contributed by atoms with Crippen molar-refractivity contribution in [3.63, 3.8) is 0 Å². The lowest BCUT2D eigenvalue weighted by Crippen LogP contribution is -2.12. The molecule has 0 heterocycles. The maximum Gasteiger partial charge on any atom is 0.224 e. The predicted octanol–water partition coefficient (Wildman–Crippen LogP) is 4.67. The van der Waals surface area contributed by atoms with E-state index in [4.69, 9.17) is 11.6 Å². The third-order valence-electron chi connectivity index (χ3n) is 2.69. The van der Waals surface area contributed by atoms with Gasteiger partial charge in [0.25, 0.3) is 0 Å². The molecule has 0 radical (unpaired) electrons. The van der Waals surface area contributed by atoms with Gasteiger partial charge in [0.15, 0.2) is 0 Å². The molecule has 19 heavy (non-hydrogen) atoms. The fourth-order valence-corrected chi connectivity index (χ4v) is 2.23. The lowest BCUT2D eigenvalue weighted by atomic mass is 10.1. The minimum Gasteiger partial charge on any atom is -0.325 e. The summed E-state index contributed by atoms with van der Waals surface area (Å²) in [7, 11) is 0. The van der Waals surface area contributed by atoms with Gasteiger partial charge in [-0.25, -0.2) is 0 Å². The van der Waals surface area contributed by atoms with Crippen LogP contribution in [0.3, 0.4) is 0 Å². The maximum atomic E-state index is 11.9. The van der Waals surface area contributed by atoms with Crippen molar-refractivity contribution in [2.75, 3.05) is 5.32 Å². The van der Waals surface area contributed by atoms with Gasteiger partial charge in [0.2, 0.25) is 5.91 Å². The van der Waals surface area contributed by atoms with Crippen molar-refractivity contribution < 1.29 is 4.79 Å². The Morgan fingerprint density at radius 2 is 1.89 bits per heavy atom. The molecule has 4 heteroatoms. The number of carbonyl (C=O) groups is 1. The van der Waals surface area contributed by atoms with Crippen molar-refractivity contribution in [1.29, 1.82) is 0 Å². The summed E-state index contributed by atoms with van der Waals surface area (Å²) in [6.45, 7) is 0. The first-order chi connectivity index (χ1) is 9.15. The summed E-state index contributed by atoms with van der Waals surface area (Å²) in [6.07, 6.45) is 1.16. The Morgan fingerprint density at radius 1 is 1.16 bits per heavy atom. The Hall–Kier alpha value is -1.32. The van der Waals surface area contributed by atoms with E-state index in [1.54, 1.807) is 12.1 Å². The van der Waals surface area contributed by atoms with E-state index in [-0.39, 0.29) is 5.91 Å². The van der Waals surface area contributed by atoms with Crippen LogP contribution < -0.4 is 5.32 Å². The summed E-state index contributed by atoms with van der Waals surface area (Å²) < 4.78 is 0.884. The second kappa shape index (κ2) is 6.73. The second-order valence-corrected chi connectivity index (χ2v) is 5.48. The zero-order valence-electron chi connectivity index (χ0n) is 10.2. The molecule has 0 bridgehead atoms. The van der Waals surface area contributed by atoms with Gasteiger partial charge in [-0.15, -0.1) is 0 Å². The summed E-state index contributed by atoms with van der Waals surface area (Å²) >= 11 is 9.37. The van der Waals surface area contributed by atoms with E-state index in [2.05, 4.69) is 21.2 Å². The molecule has 2 nitrogen and oxygen atoms in total. The van der Waals surface area contributed by atoms with E-state index < -0.39 is 0 Å². The highest BCUT2D eigenvalue weighted by Gasteiger charge is 2.06. The molecule has 0 aliphatic rings. The number of anilines is 1. The van der Waals surface area contributed by atoms with Gasteiger partial charge in [0.1, 0.15) is 0 Å². The number of hydrogen-bond acceptors (Lipinski definition) is 1. The number of halogens is 2. The fraction of sp³-hybridized carbons (Fsp3) is 0.133. The van der Waals surface area contributed by atoms with Crippen LogP contribution in [0.5, 0.6) is 0 Å². The second-order valence-electron chi connectivity index (χ2n) is 4.16. The number of nitrogens with one attached hydrogen (secondary N) is 1. The molecule has 0 saturated heterocycles. The highest BCUT2D eigenvalue weighted by Crippen LogP contribution is 2.25. The molecule has 0 unspecified atom stereocenters. The predicted molar refractivity (Wildman–Crippen MR) is 82.5 cm³/mol. The first kappa shape index (κ1) is 14.1. The van der Waals surface area contributed by atoms with Gasteiger partial charge in [-0.05, 0) is 30.2 Å². The number of hydrogen-bond donors (Lipinski definition) is 1. The first-order valence-corrected chi connectivity index (χ1v) is 7.11. The van der Waals surface area contributed by atoms with E-state index in [0.717, 1.165) is 16.5 Å². The van der Waals surface area contributed by atoms with Crippen LogP contribution in [0.25, 0.3) is 0 Å². The Morgan fingerprint density at radius 3 is 2.63 bits per heavy atom. The largest absolute Gasteiger partial charge is 0.325 e. The monoisotopic (exact) mass is 337 g/mol. The van der Waals surface area contributed by atoms with Crippen LogP contribution in [-0.2, 0) is 11.2 Å². The van der Waals surface area contributed by atoms with E-state index in [0.29, 0.717) is 17.1 Å². The smallest absolute Gasteiger partial charge is 0.224 e. The average molecular weight is 339 g/mol. The quantitative estimate of drug-likeness (QED) is 0.862. The van der Waals surface area contributed by atoms with Gasteiger partial charge in [-0.2, -0.15) is 0 Å². The fourth-order valence-electron chi connectivity index (χ4n) is 1.71. The Balaban J connectivity index is 1.93. The van der Waals surface area contributed by atoms with Gasteiger partial charge < -0.3 is 5.32 Å². The molecule has 2 aromatic carbocycles. The molecule has 0 spiro atoms. The van der Waals surface area contributed by atoms with Crippen molar-refractivity contribution in [1.82, 2.24) is 0 Å². The van der Waals surface area contributed by atoms with Crippen LogP contribution in [-0.4, -0.2) is 5.91 Å². The Kier molecular flexibility index (Phi) is 5.00. The molecule has 0 saturated carbocycles. The molecule has 0 aliphatic heterocycles. The van der Waals surface area contributed by atoms with E-state index in [9.17, 15) is 4.79 Å². The third kappa shape index (κ3) is 4.37. The van der Waals surface area contributed by atoms with E-state index in [1.165, 1.54) is 0 Å². The summed E-state index contributed by atoms with van der Waals surface area (Å²) in [4.78, 5) is 11.9. The third-order valence-corrected chi connectivity index (χ3v) is 3.51. The highest BCUT2D eigenvalue weighted by atomic mass is 79.9. The zero-order valence-corrected chi connectivity index (χ0v) is 12.5. The van der Waals surface area contributed by atoms with Crippen LogP contribution in [0, 0.1) is 0 Å². The zero-order chi connectivity index (χ0) is 13.7. The summed E-state index contributed by atoms with van der Waals surface area (Å²) in [5.74, 6) is -0.0381. The standard InChI is InChI=1S/C15H13BrClNO/c16-12-7-8-13(17)14(10-12)18-15(19)9-6-11-4-2-1-3-5-11/h1-5,7-8,10H,6,9H2,(H,18,19). The van der Waals surface area contributed by atoms with Gasteiger partial charge in [0.05, 0.1) is 10.7 Å². The van der Waals surface area contributed by atoms with Gasteiger partial charge in [-0.3, -0.25) is 4.79 Å². The minimum atomic E-state index is -0.0381. The molecule has 0 aliphatic carbocycles. The number of carbonyl (C=O) groups excluding carboxylic acids is 1. The van der Waals surface area contributed by atoms with Gasteiger partial charge in [-0.1, -0.05) is 57.9 Å². The molecular formula is C15H13BrClNO. The van der Waals surface area contributed by atoms with Crippen LogP contribution in [0.4, 0.5) is 5.69 Å². The summed E-state index contributed by atoms with van der Waals surface area (Å²) in [5, 5.41) is 3.36. The Bertz CT molecular complexity index is 572. The van der Waals surface area contributed by atoms with Crippen LogP contribution in [0.15, 0.2) is 53.0 Å². The van der Waals surface area contributed by atoms with E-state index in [1.807, 2.05) is 36.4 Å². The minimum absolute atomic E-state index is 0.0381. The Labute approximate surface area is 125 Å². The van der Waals surface area contributed by atoms with Crippen LogP contribution in [0.2, 0.25) is 5.02 Å². The van der Waals surface area contributed by atoms with Crippen molar-refractivity contribution in [2.24, 2.45) is 0 Å². The average Bonchev–Trinajstić information content (AvgIpc) is 2.42. The van der Waals surface area contributed by atoms with Crippen LogP contribution in [0.1, 0.15) is 12.0 Å². The lowest BCUT2D eigenvalue weighted by Gasteiger charge is -2.07. The molecule has 0 fully saturated rings. The van der Waals surface area contributed by atoms with Gasteiger partial charge >= 0.3 is 0 Å². The molecule has 98 valence electrons. The highest BCUT2D eigenvalue weighted by molar-refractivity contribution is 9.10. The van der Waals surface area contributed by atoms with Crippen molar-refractivity contribution in [2.45, 2.75) is 12.8 Å². The number of aryl methyl sites for hydroxylation is 1. The number of benzene rings is 2. The normalized spacial score (nSPS) is 10.2. The lowest BCUT2D eigenvalue weighted by molar-refractivity contribution is -0.116. The van der Waals surface area contributed by atoms with Crippen molar-refractivity contribution >= 4 is 39.1 Å². The molecule has 2 rings (SSSR count). The maximum absolute atomic E-state index is 11.9. The SMILES string of the molecule is O=C(CCc1ccccc1)Nc1cc(Br)ccc1Cl. The molecule has 2 aromatic rings. The molecule has 1 N–H and O–H groups in total. The number of rotatable bonds is 4. The topological polar surface area (TPSA) is 29.1 Å². The van der Waals surface area contributed by atoms with Crippen molar-refractivity contribution in [3.8, 4) is 0 Å². The summed E-state index contributed by atoms with van der Waals surface area (Å²) in [6, 6.07) is 15.3. The molecule has 0 aromatic heterocycles. The van der Waals surface area contributed by atoms with Crippen LogP contribution >= 0.6 is 27.5 Å². The van der Waals surface area contributed by atoms with E-state index >= 15 is 0 Å².